The molecule has 1 atom stereocenters. The Labute approximate surface area is 129 Å². The highest BCUT2D eigenvalue weighted by molar-refractivity contribution is 5.90. The zero-order valence-corrected chi connectivity index (χ0v) is 13.2. The summed E-state index contributed by atoms with van der Waals surface area (Å²) < 4.78 is 13.4. The molecule has 0 spiro atoms. The number of H-pyrrole nitrogens is 1. The van der Waals surface area contributed by atoms with E-state index in [0.717, 1.165) is 22.2 Å². The van der Waals surface area contributed by atoms with Gasteiger partial charge >= 0.3 is 0 Å². The lowest BCUT2D eigenvalue weighted by Crippen LogP contribution is -2.40. The lowest BCUT2D eigenvalue weighted by atomic mass is 10.0. The van der Waals surface area contributed by atoms with Gasteiger partial charge in [0, 0.05) is 29.2 Å². The van der Waals surface area contributed by atoms with Gasteiger partial charge in [-0.2, -0.15) is 0 Å². The molecule has 3 N–H and O–H groups in total. The number of rotatable bonds is 6. The zero-order chi connectivity index (χ0) is 16.3. The number of halogens is 1. The summed E-state index contributed by atoms with van der Waals surface area (Å²) in [5, 5.41) is 12.8. The fourth-order valence-electron chi connectivity index (χ4n) is 2.71. The van der Waals surface area contributed by atoms with E-state index in [1.54, 1.807) is 6.07 Å². The standard InChI is InChI=1S/C17H23FN2O2/c1-10(2)15(6-7-21)20-17(22)9-13-11(3)19-16-5-4-12(18)8-14(13)16/h4-5,8,10,15,19,21H,6-7,9H2,1-3H3,(H,20,22). The van der Waals surface area contributed by atoms with E-state index in [-0.39, 0.29) is 36.7 Å². The van der Waals surface area contributed by atoms with E-state index in [1.807, 2.05) is 20.8 Å². The monoisotopic (exact) mass is 306 g/mol. The maximum absolute atomic E-state index is 13.4. The summed E-state index contributed by atoms with van der Waals surface area (Å²) in [7, 11) is 0. The molecule has 1 aromatic carbocycles. The van der Waals surface area contributed by atoms with Gasteiger partial charge < -0.3 is 15.4 Å². The number of aliphatic hydroxyl groups is 1. The second kappa shape index (κ2) is 6.92. The van der Waals surface area contributed by atoms with Crippen molar-refractivity contribution in [1.29, 1.82) is 0 Å². The van der Waals surface area contributed by atoms with Crippen LogP contribution < -0.4 is 5.32 Å². The predicted octanol–water partition coefficient (Wildman–Crippen LogP) is 2.68. The van der Waals surface area contributed by atoms with E-state index < -0.39 is 0 Å². The Kier molecular flexibility index (Phi) is 5.19. The molecule has 5 heteroatoms. The summed E-state index contributed by atoms with van der Waals surface area (Å²) in [6.45, 7) is 5.94. The van der Waals surface area contributed by atoms with Crippen molar-refractivity contribution in [2.45, 2.75) is 39.7 Å². The van der Waals surface area contributed by atoms with Gasteiger partial charge in [0.1, 0.15) is 5.82 Å². The molecule has 4 nitrogen and oxygen atoms in total. The Hall–Kier alpha value is -1.88. The van der Waals surface area contributed by atoms with E-state index in [0.29, 0.717) is 6.42 Å². The topological polar surface area (TPSA) is 65.1 Å². The Morgan fingerprint density at radius 3 is 2.77 bits per heavy atom. The third kappa shape index (κ3) is 3.65. The Morgan fingerprint density at radius 1 is 1.41 bits per heavy atom. The number of nitrogens with one attached hydrogen (secondary N) is 2. The molecule has 0 fully saturated rings. The third-order valence-electron chi connectivity index (χ3n) is 4.01. The van der Waals surface area contributed by atoms with Crippen LogP contribution in [0.3, 0.4) is 0 Å². The third-order valence-corrected chi connectivity index (χ3v) is 4.01. The van der Waals surface area contributed by atoms with Gasteiger partial charge in [-0.3, -0.25) is 4.79 Å². The number of hydrogen-bond acceptors (Lipinski definition) is 2. The van der Waals surface area contributed by atoms with Crippen LogP contribution >= 0.6 is 0 Å². The maximum Gasteiger partial charge on any atom is 0.224 e. The van der Waals surface area contributed by atoms with Gasteiger partial charge in [0.2, 0.25) is 5.91 Å². The minimum Gasteiger partial charge on any atom is -0.396 e. The minimum absolute atomic E-state index is 0.0421. The molecule has 2 rings (SSSR count). The fourth-order valence-corrected chi connectivity index (χ4v) is 2.71. The minimum atomic E-state index is -0.312. The summed E-state index contributed by atoms with van der Waals surface area (Å²) in [4.78, 5) is 15.5. The Morgan fingerprint density at radius 2 is 2.14 bits per heavy atom. The molecule has 0 aliphatic carbocycles. The van der Waals surface area contributed by atoms with E-state index in [4.69, 9.17) is 5.11 Å². The first kappa shape index (κ1) is 16.5. The average molecular weight is 306 g/mol. The highest BCUT2D eigenvalue weighted by atomic mass is 19.1. The number of aromatic amines is 1. The van der Waals surface area contributed by atoms with Crippen molar-refractivity contribution in [2.75, 3.05) is 6.61 Å². The first-order valence-electron chi connectivity index (χ1n) is 7.59. The van der Waals surface area contributed by atoms with Crippen LogP contribution in [0.4, 0.5) is 4.39 Å². The summed E-state index contributed by atoms with van der Waals surface area (Å²) in [5.41, 5.74) is 2.52. The molecular formula is C17H23FN2O2. The Balaban J connectivity index is 2.18. The number of fused-ring (bicyclic) bond motifs is 1. The lowest BCUT2D eigenvalue weighted by Gasteiger charge is -2.21. The maximum atomic E-state index is 13.4. The molecule has 1 heterocycles. The fraction of sp³-hybridized carbons (Fsp3) is 0.471. The van der Waals surface area contributed by atoms with Crippen LogP contribution in [-0.4, -0.2) is 28.6 Å². The molecule has 120 valence electrons. The number of carbonyl (C=O) groups excluding carboxylic acids is 1. The number of aryl methyl sites for hydroxylation is 1. The number of benzene rings is 1. The van der Waals surface area contributed by atoms with Crippen molar-refractivity contribution < 1.29 is 14.3 Å². The first-order valence-corrected chi connectivity index (χ1v) is 7.59. The zero-order valence-electron chi connectivity index (χ0n) is 13.2. The van der Waals surface area contributed by atoms with Crippen molar-refractivity contribution in [3.8, 4) is 0 Å². The van der Waals surface area contributed by atoms with E-state index in [2.05, 4.69) is 10.3 Å². The summed E-state index contributed by atoms with van der Waals surface area (Å²) >= 11 is 0. The number of carbonyl (C=O) groups is 1. The van der Waals surface area contributed by atoms with E-state index >= 15 is 0 Å². The normalized spacial score (nSPS) is 12.8. The van der Waals surface area contributed by atoms with Crippen LogP contribution in [0, 0.1) is 18.7 Å². The number of aliphatic hydroxyl groups excluding tert-OH is 1. The van der Waals surface area contributed by atoms with Crippen LogP contribution in [0.5, 0.6) is 0 Å². The molecule has 1 aromatic heterocycles. The second-order valence-electron chi connectivity index (χ2n) is 6.03. The van der Waals surface area contributed by atoms with E-state index in [9.17, 15) is 9.18 Å². The van der Waals surface area contributed by atoms with Gasteiger partial charge in [0.15, 0.2) is 0 Å². The number of aromatic nitrogens is 1. The van der Waals surface area contributed by atoms with Gasteiger partial charge in [0.25, 0.3) is 0 Å². The van der Waals surface area contributed by atoms with Crippen molar-refractivity contribution >= 4 is 16.8 Å². The van der Waals surface area contributed by atoms with Crippen LogP contribution in [0.25, 0.3) is 10.9 Å². The molecule has 1 unspecified atom stereocenters. The highest BCUT2D eigenvalue weighted by Crippen LogP contribution is 2.23. The molecule has 2 aromatic rings. The van der Waals surface area contributed by atoms with Gasteiger partial charge in [0.05, 0.1) is 6.42 Å². The van der Waals surface area contributed by atoms with Crippen LogP contribution in [0.2, 0.25) is 0 Å². The van der Waals surface area contributed by atoms with Crippen LogP contribution in [-0.2, 0) is 11.2 Å². The van der Waals surface area contributed by atoms with Gasteiger partial charge in [-0.15, -0.1) is 0 Å². The quantitative estimate of drug-likeness (QED) is 0.768. The Bertz CT molecular complexity index is 664. The van der Waals surface area contributed by atoms with Crippen molar-refractivity contribution in [3.63, 3.8) is 0 Å². The molecular weight excluding hydrogens is 283 g/mol. The van der Waals surface area contributed by atoms with Gasteiger partial charge in [-0.1, -0.05) is 13.8 Å². The average Bonchev–Trinajstić information content (AvgIpc) is 2.74. The SMILES string of the molecule is Cc1[nH]c2ccc(F)cc2c1CC(=O)NC(CCO)C(C)C. The molecule has 0 aliphatic rings. The van der Waals surface area contributed by atoms with Crippen molar-refractivity contribution in [1.82, 2.24) is 10.3 Å². The molecule has 22 heavy (non-hydrogen) atoms. The summed E-state index contributed by atoms with van der Waals surface area (Å²) in [6.07, 6.45) is 0.731. The number of hydrogen-bond donors (Lipinski definition) is 3. The van der Waals surface area contributed by atoms with Gasteiger partial charge in [-0.25, -0.2) is 4.39 Å². The molecule has 0 radical (unpaired) electrons. The molecule has 0 saturated carbocycles. The molecule has 0 saturated heterocycles. The first-order chi connectivity index (χ1) is 10.4. The van der Waals surface area contributed by atoms with E-state index in [1.165, 1.54) is 12.1 Å². The lowest BCUT2D eigenvalue weighted by molar-refractivity contribution is -0.121. The molecule has 1 amide bonds. The molecule has 0 aliphatic heterocycles. The van der Waals surface area contributed by atoms with Crippen molar-refractivity contribution in [2.24, 2.45) is 5.92 Å². The summed E-state index contributed by atoms with van der Waals surface area (Å²) in [6, 6.07) is 4.48. The van der Waals surface area contributed by atoms with Gasteiger partial charge in [-0.05, 0) is 43.0 Å². The smallest absolute Gasteiger partial charge is 0.224 e. The molecule has 0 bridgehead atoms. The largest absolute Gasteiger partial charge is 0.396 e. The summed E-state index contributed by atoms with van der Waals surface area (Å²) in [5.74, 6) is -0.175. The highest BCUT2D eigenvalue weighted by Gasteiger charge is 2.18. The number of amides is 1. The second-order valence-corrected chi connectivity index (χ2v) is 6.03. The van der Waals surface area contributed by atoms with Crippen LogP contribution in [0.15, 0.2) is 18.2 Å². The van der Waals surface area contributed by atoms with Crippen molar-refractivity contribution in [3.05, 3.63) is 35.3 Å². The predicted molar refractivity (Wildman–Crippen MR) is 85.2 cm³/mol. The van der Waals surface area contributed by atoms with Crippen LogP contribution in [0.1, 0.15) is 31.5 Å².